The predicted octanol–water partition coefficient (Wildman–Crippen LogP) is 2.77. The van der Waals surface area contributed by atoms with Crippen LogP contribution < -0.4 is 4.74 Å². The van der Waals surface area contributed by atoms with Crippen LogP contribution in [0, 0.1) is 12.3 Å². The maximum absolute atomic E-state index is 11.5. The van der Waals surface area contributed by atoms with Crippen molar-refractivity contribution in [3.63, 3.8) is 0 Å². The molecule has 3 nitrogen and oxygen atoms in total. The van der Waals surface area contributed by atoms with E-state index < -0.39 is 6.61 Å². The molecule has 0 fully saturated rings. The molecule has 0 aromatic heterocycles. The van der Waals surface area contributed by atoms with Gasteiger partial charge in [-0.1, -0.05) is 6.08 Å². The van der Waals surface area contributed by atoms with Crippen LogP contribution in [0.5, 0.6) is 5.75 Å². The summed E-state index contributed by atoms with van der Waals surface area (Å²) in [6, 6.07) is 5.18. The molecule has 3 heteroatoms. The average molecular weight is 272 g/mol. The highest BCUT2D eigenvalue weighted by molar-refractivity contribution is 5.97. The van der Waals surface area contributed by atoms with Gasteiger partial charge in [0.1, 0.15) is 12.4 Å². The van der Waals surface area contributed by atoms with Crippen LogP contribution in [-0.4, -0.2) is 24.1 Å². The van der Waals surface area contributed by atoms with Crippen LogP contribution in [0.25, 0.3) is 0 Å². The van der Waals surface area contributed by atoms with Gasteiger partial charge in [0, 0.05) is 12.0 Å². The standard InChI is InChI=1S/C17H20O3/c1-3-5-6-7-11-20-17-10-9-14(16(19)13-18)12-15(17)8-4-2/h1,4,9-10,12,18H,2,5-8,11,13H2. The zero-order valence-electron chi connectivity index (χ0n) is 11.6. The molecule has 0 heterocycles. The zero-order chi connectivity index (χ0) is 14.8. The fourth-order valence-electron chi connectivity index (χ4n) is 1.81. The summed E-state index contributed by atoms with van der Waals surface area (Å²) < 4.78 is 5.71. The maximum atomic E-state index is 11.5. The highest BCUT2D eigenvalue weighted by atomic mass is 16.5. The van der Waals surface area contributed by atoms with Gasteiger partial charge in [0.15, 0.2) is 5.78 Å². The Morgan fingerprint density at radius 2 is 2.25 bits per heavy atom. The van der Waals surface area contributed by atoms with Gasteiger partial charge in [-0.25, -0.2) is 0 Å². The Balaban J connectivity index is 2.72. The highest BCUT2D eigenvalue weighted by Crippen LogP contribution is 2.22. The summed E-state index contributed by atoms with van der Waals surface area (Å²) in [5, 5.41) is 8.89. The number of benzene rings is 1. The minimum Gasteiger partial charge on any atom is -0.493 e. The summed E-state index contributed by atoms with van der Waals surface area (Å²) in [5.74, 6) is 3.05. The van der Waals surface area contributed by atoms with Gasteiger partial charge in [0.2, 0.25) is 0 Å². The molecule has 0 unspecified atom stereocenters. The van der Waals surface area contributed by atoms with Crippen molar-refractivity contribution in [3.8, 4) is 18.1 Å². The largest absolute Gasteiger partial charge is 0.493 e. The molecule has 106 valence electrons. The van der Waals surface area contributed by atoms with Crippen LogP contribution in [0.3, 0.4) is 0 Å². The molecular weight excluding hydrogens is 252 g/mol. The Morgan fingerprint density at radius 1 is 1.45 bits per heavy atom. The number of Topliss-reactive ketones (excluding diaryl/α,β-unsaturated/α-hetero) is 1. The van der Waals surface area contributed by atoms with Crippen molar-refractivity contribution in [1.82, 2.24) is 0 Å². The third-order valence-electron chi connectivity index (χ3n) is 2.86. The van der Waals surface area contributed by atoms with Crippen LogP contribution >= 0.6 is 0 Å². The number of unbranched alkanes of at least 4 members (excludes halogenated alkanes) is 2. The molecule has 0 aliphatic rings. The summed E-state index contributed by atoms with van der Waals surface area (Å²) in [7, 11) is 0. The van der Waals surface area contributed by atoms with Crippen molar-refractivity contribution in [2.45, 2.75) is 25.7 Å². The number of terminal acetylenes is 1. The average Bonchev–Trinajstić information content (AvgIpc) is 2.47. The maximum Gasteiger partial charge on any atom is 0.188 e. The summed E-state index contributed by atoms with van der Waals surface area (Å²) in [6.07, 6.45) is 10.2. The first-order valence-corrected chi connectivity index (χ1v) is 6.67. The van der Waals surface area contributed by atoms with E-state index in [1.807, 2.05) is 0 Å². The lowest BCUT2D eigenvalue weighted by atomic mass is 10.0. The van der Waals surface area contributed by atoms with Crippen LogP contribution in [0.2, 0.25) is 0 Å². The molecule has 1 N–H and O–H groups in total. The fraction of sp³-hybridized carbons (Fsp3) is 0.353. The molecule has 1 rings (SSSR count). The van der Waals surface area contributed by atoms with Crippen molar-refractivity contribution < 1.29 is 14.6 Å². The number of carbonyl (C=O) groups is 1. The topological polar surface area (TPSA) is 46.5 Å². The molecule has 0 radical (unpaired) electrons. The van der Waals surface area contributed by atoms with Crippen LogP contribution in [-0.2, 0) is 6.42 Å². The number of ether oxygens (including phenoxy) is 1. The first-order valence-electron chi connectivity index (χ1n) is 6.67. The lowest BCUT2D eigenvalue weighted by molar-refractivity contribution is 0.0903. The van der Waals surface area contributed by atoms with Gasteiger partial charge < -0.3 is 9.84 Å². The second-order valence-corrected chi connectivity index (χ2v) is 4.41. The van der Waals surface area contributed by atoms with Crippen molar-refractivity contribution in [2.24, 2.45) is 0 Å². The van der Waals surface area contributed by atoms with E-state index in [4.69, 9.17) is 16.3 Å². The molecule has 0 aliphatic heterocycles. The normalized spacial score (nSPS) is 9.80. The second-order valence-electron chi connectivity index (χ2n) is 4.41. The van der Waals surface area contributed by atoms with Crippen LogP contribution in [0.15, 0.2) is 30.9 Å². The molecule has 0 atom stereocenters. The van der Waals surface area contributed by atoms with Gasteiger partial charge in [0.25, 0.3) is 0 Å². The Labute approximate surface area is 120 Å². The Bertz CT molecular complexity index is 497. The molecule has 20 heavy (non-hydrogen) atoms. The molecule has 0 aliphatic carbocycles. The summed E-state index contributed by atoms with van der Waals surface area (Å²) in [6.45, 7) is 3.81. The predicted molar refractivity (Wildman–Crippen MR) is 79.9 cm³/mol. The van der Waals surface area contributed by atoms with Gasteiger partial charge in [-0.05, 0) is 43.0 Å². The molecule has 0 saturated heterocycles. The van der Waals surface area contributed by atoms with E-state index in [0.29, 0.717) is 18.6 Å². The number of ketones is 1. The van der Waals surface area contributed by atoms with E-state index in [1.54, 1.807) is 24.3 Å². The summed E-state index contributed by atoms with van der Waals surface area (Å²) in [4.78, 5) is 11.5. The molecule has 0 saturated carbocycles. The number of hydrogen-bond donors (Lipinski definition) is 1. The fourth-order valence-corrected chi connectivity index (χ4v) is 1.81. The highest BCUT2D eigenvalue weighted by Gasteiger charge is 2.09. The third-order valence-corrected chi connectivity index (χ3v) is 2.86. The van der Waals surface area contributed by atoms with E-state index in [9.17, 15) is 4.79 Å². The van der Waals surface area contributed by atoms with E-state index in [0.717, 1.165) is 30.6 Å². The molecule has 1 aromatic rings. The first kappa shape index (κ1) is 16.0. The van der Waals surface area contributed by atoms with Crippen LogP contribution in [0.4, 0.5) is 0 Å². The van der Waals surface area contributed by atoms with Gasteiger partial charge in [-0.2, -0.15) is 0 Å². The number of hydrogen-bond acceptors (Lipinski definition) is 3. The van der Waals surface area contributed by atoms with Gasteiger partial charge in [-0.3, -0.25) is 4.79 Å². The minimum atomic E-state index is -0.486. The molecule has 1 aromatic carbocycles. The van der Waals surface area contributed by atoms with E-state index in [1.165, 1.54) is 0 Å². The Kier molecular flexibility index (Phi) is 7.16. The SMILES string of the molecule is C#CCCCCOc1ccc(C(=O)CO)cc1CC=C. The number of allylic oxidation sites excluding steroid dienone is 1. The Morgan fingerprint density at radius 3 is 2.90 bits per heavy atom. The van der Waals surface area contributed by atoms with E-state index in [2.05, 4.69) is 12.5 Å². The summed E-state index contributed by atoms with van der Waals surface area (Å²) >= 11 is 0. The zero-order valence-corrected chi connectivity index (χ0v) is 11.6. The van der Waals surface area contributed by atoms with Gasteiger partial charge in [0.05, 0.1) is 6.61 Å². The van der Waals surface area contributed by atoms with Crippen molar-refractivity contribution in [3.05, 3.63) is 42.0 Å². The second kappa shape index (κ2) is 8.95. The number of carbonyl (C=O) groups excluding carboxylic acids is 1. The lowest BCUT2D eigenvalue weighted by Crippen LogP contribution is -2.06. The van der Waals surface area contributed by atoms with Crippen molar-refractivity contribution >= 4 is 5.78 Å². The number of aliphatic hydroxyl groups excluding tert-OH is 1. The number of rotatable bonds is 9. The Hall–Kier alpha value is -2.05. The van der Waals surface area contributed by atoms with Gasteiger partial charge >= 0.3 is 0 Å². The van der Waals surface area contributed by atoms with E-state index in [-0.39, 0.29) is 5.78 Å². The number of aliphatic hydroxyl groups is 1. The van der Waals surface area contributed by atoms with Crippen molar-refractivity contribution in [1.29, 1.82) is 0 Å². The minimum absolute atomic E-state index is 0.295. The molecule has 0 amide bonds. The van der Waals surface area contributed by atoms with Crippen LogP contribution in [0.1, 0.15) is 35.2 Å². The third kappa shape index (κ3) is 4.91. The van der Waals surface area contributed by atoms with Crippen molar-refractivity contribution in [2.75, 3.05) is 13.2 Å². The van der Waals surface area contributed by atoms with E-state index >= 15 is 0 Å². The molecular formula is C17H20O3. The summed E-state index contributed by atoms with van der Waals surface area (Å²) in [5.41, 5.74) is 1.39. The monoisotopic (exact) mass is 272 g/mol. The lowest BCUT2D eigenvalue weighted by Gasteiger charge is -2.11. The quantitative estimate of drug-likeness (QED) is 0.325. The molecule has 0 bridgehead atoms. The first-order chi connectivity index (χ1) is 9.72. The van der Waals surface area contributed by atoms with Gasteiger partial charge in [-0.15, -0.1) is 18.9 Å². The smallest absolute Gasteiger partial charge is 0.188 e. The molecule has 0 spiro atoms.